The van der Waals surface area contributed by atoms with Crippen molar-refractivity contribution >= 4 is 22.6 Å². The summed E-state index contributed by atoms with van der Waals surface area (Å²) in [6.07, 6.45) is 3.78. The van der Waals surface area contributed by atoms with Gasteiger partial charge in [-0.15, -0.1) is 10.2 Å². The smallest absolute Gasteiger partial charge is 0.191 e. The average molecular weight is 390 g/mol. The minimum atomic E-state index is 0.505. The number of rotatable bonds is 7. The monoisotopic (exact) mass is 390 g/mol. The lowest BCUT2D eigenvalue weighted by molar-refractivity contribution is 0.547. The zero-order chi connectivity index (χ0) is 20.1. The van der Waals surface area contributed by atoms with Gasteiger partial charge in [0.05, 0.1) is 0 Å². The van der Waals surface area contributed by atoms with E-state index < -0.39 is 0 Å². The van der Waals surface area contributed by atoms with Gasteiger partial charge >= 0.3 is 0 Å². The summed E-state index contributed by atoms with van der Waals surface area (Å²) in [5, 5.41) is 16.3. The van der Waals surface area contributed by atoms with Crippen molar-refractivity contribution in [1.82, 2.24) is 25.2 Å². The van der Waals surface area contributed by atoms with E-state index in [0.717, 1.165) is 65.7 Å². The van der Waals surface area contributed by atoms with Gasteiger partial charge in [0, 0.05) is 36.7 Å². The average Bonchev–Trinajstić information content (AvgIpc) is 3.30. The molecule has 7 nitrogen and oxygen atoms in total. The van der Waals surface area contributed by atoms with E-state index in [0.29, 0.717) is 6.54 Å². The van der Waals surface area contributed by atoms with Gasteiger partial charge in [-0.2, -0.15) is 0 Å². The minimum Gasteiger partial charge on any atom is -0.459 e. The van der Waals surface area contributed by atoms with Crippen molar-refractivity contribution in [3.05, 3.63) is 65.8 Å². The van der Waals surface area contributed by atoms with Crippen LogP contribution in [0.15, 0.2) is 58.1 Å². The fourth-order valence-corrected chi connectivity index (χ4v) is 3.38. The molecule has 0 bridgehead atoms. The molecule has 150 valence electrons. The Labute approximate surface area is 169 Å². The second-order valence-electron chi connectivity index (χ2n) is 6.92. The van der Waals surface area contributed by atoms with Crippen LogP contribution < -0.4 is 10.6 Å². The maximum Gasteiger partial charge on any atom is 0.191 e. The molecule has 0 atom stereocenters. The molecule has 2 N–H and O–H groups in total. The zero-order valence-corrected chi connectivity index (χ0v) is 16.9. The molecule has 1 aromatic carbocycles. The molecule has 0 fully saturated rings. The lowest BCUT2D eigenvalue weighted by atomic mass is 10.1. The molecule has 0 saturated carbocycles. The molecule has 0 unspecified atom stereocenters. The van der Waals surface area contributed by atoms with E-state index in [9.17, 15) is 0 Å². The van der Waals surface area contributed by atoms with Crippen LogP contribution in [0.5, 0.6) is 0 Å². The molecule has 3 aromatic heterocycles. The van der Waals surface area contributed by atoms with E-state index in [1.54, 1.807) is 0 Å². The number of furan rings is 1. The van der Waals surface area contributed by atoms with Crippen LogP contribution >= 0.6 is 0 Å². The second kappa shape index (κ2) is 8.77. The summed E-state index contributed by atoms with van der Waals surface area (Å²) in [5.41, 5.74) is 2.94. The molecule has 7 heteroatoms. The number of pyridine rings is 1. The Morgan fingerprint density at radius 1 is 1.10 bits per heavy atom. The Morgan fingerprint density at radius 3 is 2.83 bits per heavy atom. The number of fused-ring (bicyclic) bond motifs is 2. The molecule has 0 spiro atoms. The standard InChI is InChI=1S/C22H26N6O/c1-3-23-22(25-15-19-16(2)17-9-4-5-10-18(17)29-19)24-13-8-12-21-27-26-20-11-6-7-14-28(20)21/h4-7,9-11,14H,3,8,12-13,15H2,1-2H3,(H2,23,24,25). The quantitative estimate of drug-likeness (QED) is 0.287. The van der Waals surface area contributed by atoms with Crippen molar-refractivity contribution in [2.45, 2.75) is 33.2 Å². The number of hydrogen-bond donors (Lipinski definition) is 2. The number of para-hydroxylation sites is 1. The van der Waals surface area contributed by atoms with Crippen molar-refractivity contribution in [2.75, 3.05) is 13.1 Å². The third-order valence-electron chi connectivity index (χ3n) is 4.92. The first kappa shape index (κ1) is 19.0. The number of aryl methyl sites for hydroxylation is 2. The third kappa shape index (κ3) is 4.23. The Morgan fingerprint density at radius 2 is 1.97 bits per heavy atom. The van der Waals surface area contributed by atoms with Crippen LogP contribution in [0.1, 0.15) is 30.5 Å². The second-order valence-corrected chi connectivity index (χ2v) is 6.92. The predicted octanol–water partition coefficient (Wildman–Crippen LogP) is 3.47. The third-order valence-corrected chi connectivity index (χ3v) is 4.92. The van der Waals surface area contributed by atoms with E-state index in [2.05, 4.69) is 40.7 Å². The normalized spacial score (nSPS) is 12.0. The van der Waals surface area contributed by atoms with E-state index in [4.69, 9.17) is 9.41 Å². The topological polar surface area (TPSA) is 79.8 Å². The van der Waals surface area contributed by atoms with Gasteiger partial charge in [-0.05, 0) is 38.5 Å². The summed E-state index contributed by atoms with van der Waals surface area (Å²) < 4.78 is 7.99. The van der Waals surface area contributed by atoms with Crippen molar-refractivity contribution in [2.24, 2.45) is 4.99 Å². The Bertz CT molecular complexity index is 1130. The maximum atomic E-state index is 5.96. The number of hydrogen-bond acceptors (Lipinski definition) is 4. The molecule has 4 aromatic rings. The minimum absolute atomic E-state index is 0.505. The van der Waals surface area contributed by atoms with Gasteiger partial charge in [0.2, 0.25) is 0 Å². The van der Waals surface area contributed by atoms with Gasteiger partial charge < -0.3 is 15.1 Å². The molecule has 29 heavy (non-hydrogen) atoms. The highest BCUT2D eigenvalue weighted by molar-refractivity contribution is 5.82. The SMILES string of the molecule is CCNC(=NCc1oc2ccccc2c1C)NCCCc1nnc2ccccn12. The lowest BCUT2D eigenvalue weighted by Gasteiger charge is -2.10. The maximum absolute atomic E-state index is 5.96. The molecule has 0 saturated heterocycles. The summed E-state index contributed by atoms with van der Waals surface area (Å²) in [4.78, 5) is 4.69. The zero-order valence-electron chi connectivity index (χ0n) is 16.9. The fourth-order valence-electron chi connectivity index (χ4n) is 3.38. The first-order valence-corrected chi connectivity index (χ1v) is 10.0. The van der Waals surface area contributed by atoms with Crippen LogP contribution in [-0.4, -0.2) is 33.6 Å². The van der Waals surface area contributed by atoms with Crippen molar-refractivity contribution in [3.8, 4) is 0 Å². The van der Waals surface area contributed by atoms with E-state index >= 15 is 0 Å². The number of guanidine groups is 1. The molecule has 0 radical (unpaired) electrons. The largest absolute Gasteiger partial charge is 0.459 e. The van der Waals surface area contributed by atoms with E-state index in [1.165, 1.54) is 0 Å². The Hall–Kier alpha value is -3.35. The van der Waals surface area contributed by atoms with Crippen molar-refractivity contribution < 1.29 is 4.42 Å². The van der Waals surface area contributed by atoms with Crippen LogP contribution in [0.4, 0.5) is 0 Å². The molecular formula is C22H26N6O. The molecular weight excluding hydrogens is 364 g/mol. The summed E-state index contributed by atoms with van der Waals surface area (Å²) in [7, 11) is 0. The highest BCUT2D eigenvalue weighted by atomic mass is 16.3. The van der Waals surface area contributed by atoms with Crippen LogP contribution in [0, 0.1) is 6.92 Å². The van der Waals surface area contributed by atoms with Crippen molar-refractivity contribution in [1.29, 1.82) is 0 Å². The summed E-state index contributed by atoms with van der Waals surface area (Å²) in [6.45, 7) is 6.25. The van der Waals surface area contributed by atoms with Gasteiger partial charge in [-0.3, -0.25) is 4.40 Å². The fraction of sp³-hybridized carbons (Fsp3) is 0.318. The first-order valence-electron chi connectivity index (χ1n) is 10.0. The van der Waals surface area contributed by atoms with Crippen LogP contribution in [0.25, 0.3) is 16.6 Å². The van der Waals surface area contributed by atoms with Gasteiger partial charge in [-0.1, -0.05) is 24.3 Å². The first-order chi connectivity index (χ1) is 14.3. The predicted molar refractivity (Wildman–Crippen MR) is 115 cm³/mol. The van der Waals surface area contributed by atoms with Crippen LogP contribution in [0.3, 0.4) is 0 Å². The summed E-state index contributed by atoms with van der Waals surface area (Å²) in [6, 6.07) is 14.0. The van der Waals surface area contributed by atoms with Gasteiger partial charge in [0.1, 0.15) is 23.7 Å². The van der Waals surface area contributed by atoms with Crippen LogP contribution in [0.2, 0.25) is 0 Å². The Balaban J connectivity index is 1.35. The number of nitrogens with zero attached hydrogens (tertiary/aromatic N) is 4. The van der Waals surface area contributed by atoms with Gasteiger partial charge in [-0.25, -0.2) is 4.99 Å². The molecule has 0 aliphatic carbocycles. The Kier molecular flexibility index (Phi) is 5.74. The number of benzene rings is 1. The highest BCUT2D eigenvalue weighted by Gasteiger charge is 2.10. The molecule has 4 rings (SSSR count). The molecule has 0 amide bonds. The van der Waals surface area contributed by atoms with Gasteiger partial charge in [0.25, 0.3) is 0 Å². The molecule has 0 aliphatic rings. The number of aliphatic imine (C=N–C) groups is 1. The molecule has 3 heterocycles. The van der Waals surface area contributed by atoms with Crippen molar-refractivity contribution in [3.63, 3.8) is 0 Å². The van der Waals surface area contributed by atoms with Crippen LogP contribution in [-0.2, 0) is 13.0 Å². The van der Waals surface area contributed by atoms with Gasteiger partial charge in [0.15, 0.2) is 11.6 Å². The number of aromatic nitrogens is 3. The molecule has 0 aliphatic heterocycles. The highest BCUT2D eigenvalue weighted by Crippen LogP contribution is 2.25. The summed E-state index contributed by atoms with van der Waals surface area (Å²) in [5.74, 6) is 2.67. The van der Waals surface area contributed by atoms with E-state index in [-0.39, 0.29) is 0 Å². The van der Waals surface area contributed by atoms with E-state index in [1.807, 2.05) is 47.0 Å². The lowest BCUT2D eigenvalue weighted by Crippen LogP contribution is -2.37. The summed E-state index contributed by atoms with van der Waals surface area (Å²) >= 11 is 0. The number of nitrogens with one attached hydrogen (secondary N) is 2.